The second-order valence-electron chi connectivity index (χ2n) is 7.96. The van der Waals surface area contributed by atoms with Gasteiger partial charge in [0.2, 0.25) is 11.5 Å². The summed E-state index contributed by atoms with van der Waals surface area (Å²) in [7, 11) is 1.40. The first kappa shape index (κ1) is 23.7. The largest absolute Gasteiger partial charge is 0.443 e. The van der Waals surface area contributed by atoms with Crippen LogP contribution in [0, 0.1) is 0 Å². The molecule has 2 rings (SSSR count). The molecule has 8 nitrogen and oxygen atoms in total. The van der Waals surface area contributed by atoms with Gasteiger partial charge < -0.3 is 24.7 Å². The summed E-state index contributed by atoms with van der Waals surface area (Å²) in [4.78, 5) is 12.2. The predicted octanol–water partition coefficient (Wildman–Crippen LogP) is 2.60. The summed E-state index contributed by atoms with van der Waals surface area (Å²) in [6.45, 7) is 8.26. The van der Waals surface area contributed by atoms with Crippen LogP contribution in [0.4, 0.5) is 13.2 Å². The number of hydrogen-bond donors (Lipinski definition) is 3. The molecule has 1 unspecified atom stereocenters. The average Bonchev–Trinajstić information content (AvgIpc) is 3.27. The van der Waals surface area contributed by atoms with Crippen LogP contribution in [0.15, 0.2) is 28.0 Å². The summed E-state index contributed by atoms with van der Waals surface area (Å²) in [6, 6.07) is 0. The van der Waals surface area contributed by atoms with Crippen molar-refractivity contribution in [2.24, 2.45) is 12.0 Å². The van der Waals surface area contributed by atoms with Crippen LogP contribution >= 0.6 is 0 Å². The van der Waals surface area contributed by atoms with Crippen molar-refractivity contribution >= 4 is 5.96 Å². The molecule has 2 aromatic rings. The molecular weight excluding hydrogens is 401 g/mol. The summed E-state index contributed by atoms with van der Waals surface area (Å²) in [5.74, 6) is 0.943. The van der Waals surface area contributed by atoms with Crippen molar-refractivity contribution in [3.63, 3.8) is 0 Å². The van der Waals surface area contributed by atoms with Crippen molar-refractivity contribution in [3.8, 4) is 0 Å². The van der Waals surface area contributed by atoms with Crippen molar-refractivity contribution in [2.45, 2.75) is 57.9 Å². The molecule has 0 saturated carbocycles. The number of aromatic nitrogens is 3. The number of aliphatic imine (C=N–C) groups is 1. The van der Waals surface area contributed by atoms with E-state index in [2.05, 4.69) is 25.6 Å². The van der Waals surface area contributed by atoms with E-state index in [1.807, 2.05) is 27.7 Å². The van der Waals surface area contributed by atoms with E-state index in [0.29, 0.717) is 12.4 Å². The van der Waals surface area contributed by atoms with Crippen LogP contribution in [0.25, 0.3) is 0 Å². The Labute approximate surface area is 173 Å². The van der Waals surface area contributed by atoms with Gasteiger partial charge in [-0.2, -0.15) is 13.2 Å². The third kappa shape index (κ3) is 5.53. The van der Waals surface area contributed by atoms with Gasteiger partial charge in [-0.25, -0.2) is 15.0 Å². The molecule has 3 N–H and O–H groups in total. The van der Waals surface area contributed by atoms with Crippen molar-refractivity contribution < 1.29 is 22.7 Å². The Morgan fingerprint density at radius 3 is 2.43 bits per heavy atom. The van der Waals surface area contributed by atoms with Crippen LogP contribution in [0.5, 0.6) is 0 Å². The highest BCUT2D eigenvalue weighted by molar-refractivity contribution is 5.79. The Hall–Kier alpha value is -2.56. The number of oxazole rings is 1. The molecular formula is C19H29F3N6O2. The van der Waals surface area contributed by atoms with Gasteiger partial charge in [-0.3, -0.25) is 0 Å². The number of nitrogens with one attached hydrogen (secondary N) is 2. The van der Waals surface area contributed by atoms with Crippen molar-refractivity contribution in [1.82, 2.24) is 25.2 Å². The lowest BCUT2D eigenvalue weighted by Crippen LogP contribution is -2.47. The Balaban J connectivity index is 2.07. The van der Waals surface area contributed by atoms with Gasteiger partial charge >= 0.3 is 6.18 Å². The van der Waals surface area contributed by atoms with E-state index in [1.165, 1.54) is 19.4 Å². The normalized spacial score (nSPS) is 15.2. The zero-order valence-corrected chi connectivity index (χ0v) is 17.8. The van der Waals surface area contributed by atoms with Gasteiger partial charge in [-0.15, -0.1) is 0 Å². The monoisotopic (exact) mass is 430 g/mol. The number of aliphatic hydroxyl groups is 1. The second kappa shape index (κ2) is 9.07. The van der Waals surface area contributed by atoms with Gasteiger partial charge in [0.1, 0.15) is 18.1 Å². The molecule has 30 heavy (non-hydrogen) atoms. The fourth-order valence-corrected chi connectivity index (χ4v) is 2.72. The van der Waals surface area contributed by atoms with Crippen LogP contribution in [-0.4, -0.2) is 44.9 Å². The summed E-state index contributed by atoms with van der Waals surface area (Å²) >= 11 is 0. The highest BCUT2D eigenvalue weighted by atomic mass is 19.4. The first-order chi connectivity index (χ1) is 13.9. The van der Waals surface area contributed by atoms with Crippen molar-refractivity contribution in [1.29, 1.82) is 0 Å². The zero-order chi connectivity index (χ0) is 22.6. The smallest absolute Gasteiger partial charge is 0.424 e. The molecule has 11 heteroatoms. The summed E-state index contributed by atoms with van der Waals surface area (Å²) in [5, 5.41) is 16.1. The number of alkyl halides is 3. The Morgan fingerprint density at radius 2 is 1.93 bits per heavy atom. The van der Waals surface area contributed by atoms with Crippen LogP contribution in [0.1, 0.15) is 51.6 Å². The minimum atomic E-state index is -4.88. The van der Waals surface area contributed by atoms with Crippen molar-refractivity contribution in [3.05, 3.63) is 36.1 Å². The summed E-state index contributed by atoms with van der Waals surface area (Å²) in [6.07, 6.45) is -1.31. The van der Waals surface area contributed by atoms with Gasteiger partial charge in [0.05, 0.1) is 6.20 Å². The van der Waals surface area contributed by atoms with Gasteiger partial charge in [-0.05, 0) is 6.92 Å². The van der Waals surface area contributed by atoms with E-state index in [4.69, 9.17) is 4.42 Å². The molecule has 0 spiro atoms. The number of guanidine groups is 1. The summed E-state index contributed by atoms with van der Waals surface area (Å²) in [5.41, 5.74) is -3.27. The highest BCUT2D eigenvalue weighted by Crippen LogP contribution is 2.40. The zero-order valence-electron chi connectivity index (χ0n) is 17.8. The van der Waals surface area contributed by atoms with E-state index in [1.54, 1.807) is 6.20 Å². The fraction of sp³-hybridized carbons (Fsp3) is 0.632. The minimum absolute atomic E-state index is 0.119. The molecule has 0 saturated heterocycles. The minimum Gasteiger partial charge on any atom is -0.443 e. The molecule has 2 heterocycles. The van der Waals surface area contributed by atoms with Gasteiger partial charge in [0.15, 0.2) is 5.96 Å². The van der Waals surface area contributed by atoms with Crippen LogP contribution in [0.3, 0.4) is 0 Å². The molecule has 1 atom stereocenters. The van der Waals surface area contributed by atoms with Crippen LogP contribution in [0.2, 0.25) is 0 Å². The highest BCUT2D eigenvalue weighted by Gasteiger charge is 2.57. The Kier molecular flexibility index (Phi) is 7.17. The standard InChI is InChI=1S/C19H29F3N6O2/c1-6-23-16(27-12-14-26-11-13(30-14)17(2,3)4)25-8-7-18(29,19(20,21)22)15-24-9-10-28(15)5/h9-11,29H,6-8,12H2,1-5H3,(H2,23,25,27). The maximum absolute atomic E-state index is 13.6. The van der Waals surface area contributed by atoms with E-state index < -0.39 is 24.0 Å². The topological polar surface area (TPSA) is 100 Å². The van der Waals surface area contributed by atoms with Gasteiger partial charge in [0, 0.05) is 44.4 Å². The lowest BCUT2D eigenvalue weighted by molar-refractivity contribution is -0.272. The molecule has 0 fully saturated rings. The average molecular weight is 430 g/mol. The SMILES string of the molecule is CCNC(=NCc1ncc(C(C)(C)C)o1)NCCC(O)(c1nccn1C)C(F)(F)F. The van der Waals surface area contributed by atoms with Gasteiger partial charge in [0.25, 0.3) is 0 Å². The van der Waals surface area contributed by atoms with Crippen LogP contribution in [-0.2, 0) is 24.6 Å². The lowest BCUT2D eigenvalue weighted by atomic mass is 9.94. The van der Waals surface area contributed by atoms with Crippen LogP contribution < -0.4 is 10.6 Å². The molecule has 0 bridgehead atoms. The number of aryl methyl sites for hydroxylation is 1. The maximum atomic E-state index is 13.6. The lowest BCUT2D eigenvalue weighted by Gasteiger charge is -2.30. The number of halogens is 3. The molecule has 0 aliphatic carbocycles. The molecule has 0 amide bonds. The molecule has 0 radical (unpaired) electrons. The molecule has 2 aromatic heterocycles. The number of rotatable bonds is 7. The Morgan fingerprint density at radius 1 is 1.23 bits per heavy atom. The van der Waals surface area contributed by atoms with E-state index >= 15 is 0 Å². The summed E-state index contributed by atoms with van der Waals surface area (Å²) < 4.78 is 47.6. The van der Waals surface area contributed by atoms with E-state index in [-0.39, 0.29) is 24.5 Å². The fourth-order valence-electron chi connectivity index (χ4n) is 2.72. The Bertz CT molecular complexity index is 853. The predicted molar refractivity (Wildman–Crippen MR) is 106 cm³/mol. The second-order valence-corrected chi connectivity index (χ2v) is 7.96. The molecule has 0 aromatic carbocycles. The third-order valence-electron chi connectivity index (χ3n) is 4.45. The number of nitrogens with zero attached hydrogens (tertiary/aromatic N) is 4. The first-order valence-corrected chi connectivity index (χ1v) is 9.62. The van der Waals surface area contributed by atoms with E-state index in [9.17, 15) is 18.3 Å². The maximum Gasteiger partial charge on any atom is 0.424 e. The number of hydrogen-bond acceptors (Lipinski definition) is 5. The van der Waals surface area contributed by atoms with Crippen molar-refractivity contribution in [2.75, 3.05) is 13.1 Å². The molecule has 0 aliphatic heterocycles. The molecule has 168 valence electrons. The van der Waals surface area contributed by atoms with E-state index in [0.717, 1.165) is 10.3 Å². The third-order valence-corrected chi connectivity index (χ3v) is 4.45. The number of imidazole rings is 1. The quantitative estimate of drug-likeness (QED) is 0.461. The first-order valence-electron chi connectivity index (χ1n) is 9.62. The molecule has 0 aliphatic rings. The van der Waals surface area contributed by atoms with Gasteiger partial charge in [-0.1, -0.05) is 20.8 Å².